The molecule has 0 amide bonds. The monoisotopic (exact) mass is 578 g/mol. The van der Waals surface area contributed by atoms with Crippen LogP contribution in [-0.2, 0) is 0 Å². The van der Waals surface area contributed by atoms with E-state index in [1.165, 1.54) is 13.0 Å². The van der Waals surface area contributed by atoms with Gasteiger partial charge in [0.25, 0.3) is 0 Å². The lowest BCUT2D eigenvalue weighted by atomic mass is 10.1. The molecule has 0 aliphatic rings. The standard InChI is InChI=1S/C18H26ClN3.C16H21NO2/c1-4-22(5-2)12-6-7-14(3)21-17-10-11-20-18-13-15(19)8-9-16(17)18;1-12(2)17-10-14(18)11-19-16-9-5-7-13-6-3-4-8-15(13)16/h8-11,13-14H,4-7,12H2,1-3H3,(H,20,21);3-9,12,14,17-18H,10-11H2,1-2H3. The summed E-state index contributed by atoms with van der Waals surface area (Å²) in [4.78, 5) is 6.86. The Balaban J connectivity index is 0.000000228. The molecule has 0 radical (unpaired) electrons. The molecule has 1 heterocycles. The lowest BCUT2D eigenvalue weighted by molar-refractivity contribution is 0.105. The van der Waals surface area contributed by atoms with Crippen molar-refractivity contribution in [3.05, 3.63) is 77.9 Å². The van der Waals surface area contributed by atoms with Gasteiger partial charge in [0.2, 0.25) is 0 Å². The van der Waals surface area contributed by atoms with Gasteiger partial charge in [0.1, 0.15) is 18.5 Å². The lowest BCUT2D eigenvalue weighted by Gasteiger charge is -2.20. The molecule has 222 valence electrons. The zero-order valence-corrected chi connectivity index (χ0v) is 26.0. The lowest BCUT2D eigenvalue weighted by Crippen LogP contribution is -2.35. The maximum Gasteiger partial charge on any atom is 0.127 e. The molecule has 0 spiro atoms. The minimum atomic E-state index is -0.499. The summed E-state index contributed by atoms with van der Waals surface area (Å²) in [5.74, 6) is 0.821. The highest BCUT2D eigenvalue weighted by Gasteiger charge is 2.09. The number of hydrogen-bond acceptors (Lipinski definition) is 6. The molecule has 1 aromatic heterocycles. The van der Waals surface area contributed by atoms with E-state index in [2.05, 4.69) is 67.3 Å². The number of aliphatic hydroxyl groups is 1. The molecular formula is C34H47ClN4O2. The fourth-order valence-electron chi connectivity index (χ4n) is 4.68. The molecule has 0 saturated carbocycles. The van der Waals surface area contributed by atoms with E-state index < -0.39 is 6.10 Å². The van der Waals surface area contributed by atoms with Crippen molar-refractivity contribution in [3.8, 4) is 5.75 Å². The Morgan fingerprint density at radius 2 is 1.71 bits per heavy atom. The molecule has 0 aliphatic carbocycles. The first-order valence-corrected chi connectivity index (χ1v) is 15.2. The van der Waals surface area contributed by atoms with Crippen LogP contribution in [-0.4, -0.2) is 66.0 Å². The molecule has 3 aromatic carbocycles. The van der Waals surface area contributed by atoms with Crippen LogP contribution in [0, 0.1) is 0 Å². The quantitative estimate of drug-likeness (QED) is 0.145. The summed E-state index contributed by atoms with van der Waals surface area (Å²) in [7, 11) is 0. The van der Waals surface area contributed by atoms with Crippen molar-refractivity contribution in [3.63, 3.8) is 0 Å². The number of hydrogen-bond donors (Lipinski definition) is 3. The first-order chi connectivity index (χ1) is 19.8. The number of pyridine rings is 1. The van der Waals surface area contributed by atoms with Gasteiger partial charge < -0.3 is 25.4 Å². The van der Waals surface area contributed by atoms with E-state index in [4.69, 9.17) is 16.3 Å². The van der Waals surface area contributed by atoms with E-state index in [-0.39, 0.29) is 0 Å². The second-order valence-electron chi connectivity index (χ2n) is 10.7. The molecule has 2 unspecified atom stereocenters. The first kappa shape index (κ1) is 32.6. The summed E-state index contributed by atoms with van der Waals surface area (Å²) in [5.41, 5.74) is 2.07. The van der Waals surface area contributed by atoms with Crippen LogP contribution in [0.25, 0.3) is 21.7 Å². The average Bonchev–Trinajstić information content (AvgIpc) is 2.97. The number of benzene rings is 3. The number of anilines is 1. The third kappa shape index (κ3) is 10.8. The molecule has 0 saturated heterocycles. The van der Waals surface area contributed by atoms with Gasteiger partial charge in [-0.2, -0.15) is 0 Å². The van der Waals surface area contributed by atoms with E-state index in [1.807, 2.05) is 60.8 Å². The maximum atomic E-state index is 9.84. The number of halogens is 1. The summed E-state index contributed by atoms with van der Waals surface area (Å²) in [6.45, 7) is 15.1. The highest BCUT2D eigenvalue weighted by molar-refractivity contribution is 6.31. The Morgan fingerprint density at radius 1 is 0.951 bits per heavy atom. The average molecular weight is 579 g/mol. The molecule has 0 fully saturated rings. The molecule has 2 atom stereocenters. The Kier molecular flexibility index (Phi) is 13.6. The van der Waals surface area contributed by atoms with Crippen LogP contribution in [0.15, 0.2) is 72.9 Å². The summed E-state index contributed by atoms with van der Waals surface area (Å²) >= 11 is 6.04. The van der Waals surface area contributed by atoms with Crippen LogP contribution in [0.2, 0.25) is 5.02 Å². The van der Waals surface area contributed by atoms with Gasteiger partial charge in [0.15, 0.2) is 0 Å². The summed E-state index contributed by atoms with van der Waals surface area (Å²) in [5, 5.41) is 20.7. The zero-order valence-electron chi connectivity index (χ0n) is 25.2. The number of aliphatic hydroxyl groups excluding tert-OH is 1. The molecule has 4 rings (SSSR count). The van der Waals surface area contributed by atoms with Crippen LogP contribution in [0.5, 0.6) is 5.75 Å². The smallest absolute Gasteiger partial charge is 0.127 e. The van der Waals surface area contributed by atoms with Crippen LogP contribution in [0.3, 0.4) is 0 Å². The van der Waals surface area contributed by atoms with E-state index in [0.29, 0.717) is 25.2 Å². The Hall–Kier alpha value is -2.90. The van der Waals surface area contributed by atoms with E-state index in [1.54, 1.807) is 0 Å². The minimum absolute atomic E-state index is 0.299. The fraction of sp³-hybridized carbons (Fsp3) is 0.441. The molecule has 3 N–H and O–H groups in total. The Bertz CT molecular complexity index is 1320. The normalized spacial score (nSPS) is 12.8. The van der Waals surface area contributed by atoms with Crippen LogP contribution in [0.1, 0.15) is 47.5 Å². The van der Waals surface area contributed by atoms with E-state index in [0.717, 1.165) is 57.6 Å². The first-order valence-electron chi connectivity index (χ1n) is 14.9. The summed E-state index contributed by atoms with van der Waals surface area (Å²) in [6, 6.07) is 22.8. The van der Waals surface area contributed by atoms with Gasteiger partial charge in [0, 0.05) is 46.3 Å². The van der Waals surface area contributed by atoms with E-state index >= 15 is 0 Å². The number of rotatable bonds is 14. The second kappa shape index (κ2) is 17.1. The summed E-state index contributed by atoms with van der Waals surface area (Å²) < 4.78 is 5.72. The fourth-order valence-corrected chi connectivity index (χ4v) is 4.85. The molecule has 0 bridgehead atoms. The van der Waals surface area contributed by atoms with Gasteiger partial charge in [-0.15, -0.1) is 0 Å². The van der Waals surface area contributed by atoms with Crippen molar-refractivity contribution >= 4 is 39.0 Å². The van der Waals surface area contributed by atoms with Crippen molar-refractivity contribution < 1.29 is 9.84 Å². The second-order valence-corrected chi connectivity index (χ2v) is 11.2. The molecule has 7 heteroatoms. The zero-order chi connectivity index (χ0) is 29.6. The highest BCUT2D eigenvalue weighted by Crippen LogP contribution is 2.26. The number of aromatic nitrogens is 1. The third-order valence-electron chi connectivity index (χ3n) is 7.06. The predicted molar refractivity (Wildman–Crippen MR) is 175 cm³/mol. The van der Waals surface area contributed by atoms with Gasteiger partial charge in [-0.1, -0.05) is 75.7 Å². The minimum Gasteiger partial charge on any atom is -0.490 e. The molecular weight excluding hydrogens is 532 g/mol. The van der Waals surface area contributed by atoms with Gasteiger partial charge in [0.05, 0.1) is 5.52 Å². The van der Waals surface area contributed by atoms with Gasteiger partial charge >= 0.3 is 0 Å². The molecule has 4 aromatic rings. The van der Waals surface area contributed by atoms with Crippen molar-refractivity contribution in [1.82, 2.24) is 15.2 Å². The topological polar surface area (TPSA) is 69.7 Å². The van der Waals surface area contributed by atoms with Crippen LogP contribution < -0.4 is 15.4 Å². The van der Waals surface area contributed by atoms with Crippen molar-refractivity contribution in [2.75, 3.05) is 38.1 Å². The summed E-state index contributed by atoms with van der Waals surface area (Å²) in [6.07, 6.45) is 3.71. The molecule has 41 heavy (non-hydrogen) atoms. The predicted octanol–water partition coefficient (Wildman–Crippen LogP) is 7.39. The van der Waals surface area contributed by atoms with Crippen molar-refractivity contribution in [2.24, 2.45) is 0 Å². The SMILES string of the molecule is CC(C)NCC(O)COc1cccc2ccccc12.CCN(CC)CCCC(C)Nc1ccnc2cc(Cl)ccc12. The number of fused-ring (bicyclic) bond motifs is 2. The van der Waals surface area contributed by atoms with Crippen LogP contribution in [0.4, 0.5) is 5.69 Å². The largest absolute Gasteiger partial charge is 0.490 e. The van der Waals surface area contributed by atoms with Crippen molar-refractivity contribution in [2.45, 2.75) is 65.6 Å². The van der Waals surface area contributed by atoms with Crippen molar-refractivity contribution in [1.29, 1.82) is 0 Å². The Labute approximate surface area is 251 Å². The van der Waals surface area contributed by atoms with Crippen LogP contribution >= 0.6 is 11.6 Å². The molecule has 0 aliphatic heterocycles. The Morgan fingerprint density at radius 3 is 2.46 bits per heavy atom. The highest BCUT2D eigenvalue weighted by atomic mass is 35.5. The number of nitrogens with one attached hydrogen (secondary N) is 2. The van der Waals surface area contributed by atoms with Gasteiger partial charge in [-0.05, 0) is 75.1 Å². The van der Waals surface area contributed by atoms with E-state index in [9.17, 15) is 5.11 Å². The molecule has 6 nitrogen and oxygen atoms in total. The maximum absolute atomic E-state index is 9.84. The number of nitrogens with zero attached hydrogens (tertiary/aromatic N) is 2. The van der Waals surface area contributed by atoms with Gasteiger partial charge in [-0.25, -0.2) is 0 Å². The third-order valence-corrected chi connectivity index (χ3v) is 7.29. The van der Waals surface area contributed by atoms with Gasteiger partial charge in [-0.3, -0.25) is 4.98 Å². The number of ether oxygens (including phenoxy) is 1.